The van der Waals surface area contributed by atoms with Crippen LogP contribution in [0.2, 0.25) is 0 Å². The largest absolute Gasteiger partial charge is 0.506 e. The third-order valence-electron chi connectivity index (χ3n) is 26.3. The molecule has 78 heavy (non-hydrogen) atoms. The summed E-state index contributed by atoms with van der Waals surface area (Å²) in [4.78, 5) is 0. The SMILES string of the molecule is CC12CC3CC(C)(C1)CC(c1cc(N)c(O)cc1Oc1ccc(C45CC6(C)CC(C)(C4)CC(C47CC8(C)CC(C)(CC(c9ccc(Oc%10cc(O)c(N)cc%10C%10%11CC%12CC(C)(CC(C)(C%12)C%10)C%11)cc9)(C8)C4)C7)(C6)C5)cc1)(C3)C2. The van der Waals surface area contributed by atoms with Gasteiger partial charge in [0.25, 0.3) is 0 Å². The normalized spacial score (nSPS) is 49.2. The molecule has 4 aromatic carbocycles. The number of phenols is 2. The van der Waals surface area contributed by atoms with Crippen LogP contribution in [0.4, 0.5) is 11.4 Å². The number of rotatable bonds is 9. The van der Waals surface area contributed by atoms with Gasteiger partial charge in [0, 0.05) is 34.1 Å². The third kappa shape index (κ3) is 6.97. The molecule has 0 aliphatic heterocycles. The highest BCUT2D eigenvalue weighted by atomic mass is 16.5. The van der Waals surface area contributed by atoms with Gasteiger partial charge >= 0.3 is 0 Å². The lowest BCUT2D eigenvalue weighted by Crippen LogP contribution is -2.71. The lowest BCUT2D eigenvalue weighted by Gasteiger charge is -2.80. The molecule has 0 saturated heterocycles. The van der Waals surface area contributed by atoms with E-state index in [1.165, 1.54) is 176 Å². The summed E-state index contributed by atoms with van der Waals surface area (Å²) in [5.74, 6) is 5.04. The molecular formula is C72H92N2O4. The quantitative estimate of drug-likeness (QED) is 0.0982. The number of ether oxygens (including phenoxy) is 2. The molecule has 0 aromatic heterocycles. The van der Waals surface area contributed by atoms with Gasteiger partial charge in [0.1, 0.15) is 34.5 Å². The van der Waals surface area contributed by atoms with Gasteiger partial charge in [-0.2, -0.15) is 0 Å². The summed E-state index contributed by atoms with van der Waals surface area (Å²) in [7, 11) is 0. The van der Waals surface area contributed by atoms with E-state index in [4.69, 9.17) is 20.9 Å². The maximum absolute atomic E-state index is 11.1. The molecule has 0 heterocycles. The fraction of sp³-hybridized carbons (Fsp3) is 0.667. The van der Waals surface area contributed by atoms with Crippen LogP contribution in [0.5, 0.6) is 34.5 Å². The van der Waals surface area contributed by atoms with E-state index in [9.17, 15) is 10.2 Å². The highest BCUT2D eigenvalue weighted by molar-refractivity contribution is 5.63. The number of anilines is 2. The minimum atomic E-state index is 0.0274. The minimum absolute atomic E-state index is 0.0274. The topological polar surface area (TPSA) is 111 Å². The second kappa shape index (κ2) is 14.6. The van der Waals surface area contributed by atoms with Crippen molar-refractivity contribution in [3.05, 3.63) is 95.1 Å². The second-order valence-corrected chi connectivity index (χ2v) is 35.4. The standard InChI is InChI=1S/C72H92N2O4/c1-59-21-45-22-60(2,27-59)32-67(25-45,31-59)51-17-53(73)55(75)19-57(51)77-49-13-9-47(10-14-49)69-35-63(5)29-64(6,36-69)40-71(39-63,43-69)72-41-65(7)30-66(8,42-72)38-70(37-65,44-72)48-11-15-50(16-12-48)78-58-20-56(76)54(74)18-52(58)68-26-46-23-61(3,33-68)28-62(4,24-46)34-68/h9-20,45-46,75-76H,21-44,73-74H2,1-8H3. The smallest absolute Gasteiger partial charge is 0.142 e. The molecule has 0 amide bonds. The van der Waals surface area contributed by atoms with Crippen molar-refractivity contribution in [3.8, 4) is 34.5 Å². The van der Waals surface area contributed by atoms with Crippen molar-refractivity contribution in [1.82, 2.24) is 0 Å². The first-order valence-corrected chi connectivity index (χ1v) is 31.3. The maximum atomic E-state index is 11.1. The lowest BCUT2D eigenvalue weighted by molar-refractivity contribution is -0.275. The predicted octanol–water partition coefficient (Wildman–Crippen LogP) is 18.3. The van der Waals surface area contributed by atoms with Gasteiger partial charge in [-0.25, -0.2) is 0 Å². The van der Waals surface area contributed by atoms with E-state index in [2.05, 4.69) is 116 Å². The summed E-state index contributed by atoms with van der Waals surface area (Å²) in [6, 6.07) is 26.8. The van der Waals surface area contributed by atoms with Crippen LogP contribution in [0.15, 0.2) is 72.8 Å². The summed E-state index contributed by atoms with van der Waals surface area (Å²) in [5, 5.41) is 22.3. The van der Waals surface area contributed by atoms with Crippen LogP contribution in [0.3, 0.4) is 0 Å². The zero-order valence-electron chi connectivity index (χ0n) is 48.9. The van der Waals surface area contributed by atoms with Crippen LogP contribution >= 0.6 is 0 Å². The summed E-state index contributed by atoms with van der Waals surface area (Å²) in [6.45, 7) is 21.0. The van der Waals surface area contributed by atoms with Crippen molar-refractivity contribution in [1.29, 1.82) is 0 Å². The van der Waals surface area contributed by atoms with Crippen molar-refractivity contribution in [3.63, 3.8) is 0 Å². The Kier molecular flexibility index (Phi) is 9.29. The highest BCUT2D eigenvalue weighted by Gasteiger charge is 2.77. The Hall–Kier alpha value is -4.32. The van der Waals surface area contributed by atoms with Crippen molar-refractivity contribution in [2.45, 2.75) is 231 Å². The molecule has 8 unspecified atom stereocenters. The number of phenolic OH excluding ortho intramolecular Hbond substituents is 2. The van der Waals surface area contributed by atoms with Crippen LogP contribution in [0, 0.1) is 66.0 Å². The number of aromatic hydroxyl groups is 2. The zero-order chi connectivity index (χ0) is 54.0. The zero-order valence-corrected chi connectivity index (χ0v) is 48.9. The Morgan fingerprint density at radius 3 is 0.949 bits per heavy atom. The predicted molar refractivity (Wildman–Crippen MR) is 312 cm³/mol. The number of nitrogen functional groups attached to an aromatic ring is 2. The van der Waals surface area contributed by atoms with Gasteiger partial charge < -0.3 is 31.2 Å². The van der Waals surface area contributed by atoms with Crippen LogP contribution < -0.4 is 20.9 Å². The van der Waals surface area contributed by atoms with E-state index in [1.54, 1.807) is 0 Å². The maximum Gasteiger partial charge on any atom is 0.142 e. The Balaban J connectivity index is 0.711. The summed E-state index contributed by atoms with van der Waals surface area (Å²) < 4.78 is 14.1. The number of nitrogens with two attached hydrogens (primary N) is 2. The first-order chi connectivity index (χ1) is 36.5. The molecule has 6 nitrogen and oxygen atoms in total. The van der Waals surface area contributed by atoms with Gasteiger partial charge in [0.05, 0.1) is 11.4 Å². The highest BCUT2D eigenvalue weighted by Crippen LogP contribution is 2.85. The minimum Gasteiger partial charge on any atom is -0.506 e. The van der Waals surface area contributed by atoms with Gasteiger partial charge in [-0.3, -0.25) is 0 Å². The molecule has 6 heteroatoms. The molecule has 4 aromatic rings. The Morgan fingerprint density at radius 2 is 0.641 bits per heavy atom. The summed E-state index contributed by atoms with van der Waals surface area (Å²) >= 11 is 0. The summed E-state index contributed by atoms with van der Waals surface area (Å²) in [6.07, 6.45) is 30.9. The van der Waals surface area contributed by atoms with E-state index >= 15 is 0 Å². The monoisotopic (exact) mass is 1050 g/mol. The van der Waals surface area contributed by atoms with Gasteiger partial charge in [0.15, 0.2) is 0 Å². The van der Waals surface area contributed by atoms with Gasteiger partial charge in [0.2, 0.25) is 0 Å². The van der Waals surface area contributed by atoms with Crippen molar-refractivity contribution in [2.24, 2.45) is 66.0 Å². The number of benzene rings is 4. The molecule has 16 fully saturated rings. The van der Waals surface area contributed by atoms with Crippen molar-refractivity contribution >= 4 is 11.4 Å². The Morgan fingerprint density at radius 1 is 0.346 bits per heavy atom. The molecule has 16 saturated carbocycles. The second-order valence-electron chi connectivity index (χ2n) is 35.4. The average Bonchev–Trinajstić information content (AvgIpc) is 3.47. The first-order valence-electron chi connectivity index (χ1n) is 31.3. The van der Waals surface area contributed by atoms with Crippen LogP contribution in [0.1, 0.15) is 232 Å². The molecule has 6 N–H and O–H groups in total. The molecule has 20 rings (SSSR count). The molecule has 0 spiro atoms. The number of hydrogen-bond donors (Lipinski definition) is 4. The molecule has 0 radical (unpaired) electrons. The molecule has 16 aliphatic rings. The van der Waals surface area contributed by atoms with Gasteiger partial charge in [-0.15, -0.1) is 0 Å². The van der Waals surface area contributed by atoms with E-state index in [1.807, 2.05) is 12.1 Å². The molecule has 16 bridgehead atoms. The van der Waals surface area contributed by atoms with Crippen LogP contribution in [-0.2, 0) is 21.7 Å². The van der Waals surface area contributed by atoms with Crippen molar-refractivity contribution in [2.75, 3.05) is 11.5 Å². The van der Waals surface area contributed by atoms with E-state index in [-0.39, 0.29) is 44.0 Å². The van der Waals surface area contributed by atoms with E-state index in [0.717, 1.165) is 34.8 Å². The van der Waals surface area contributed by atoms with E-state index < -0.39 is 0 Å². The Labute approximate surface area is 467 Å². The fourth-order valence-corrected chi connectivity index (χ4v) is 28.8. The van der Waals surface area contributed by atoms with Crippen LogP contribution in [-0.4, -0.2) is 10.2 Å². The molecular weight excluding hydrogens is 957 g/mol. The number of hydrogen-bond acceptors (Lipinski definition) is 6. The van der Waals surface area contributed by atoms with Crippen LogP contribution in [0.25, 0.3) is 0 Å². The Bertz CT molecular complexity index is 2950. The fourth-order valence-electron chi connectivity index (χ4n) is 28.8. The van der Waals surface area contributed by atoms with Gasteiger partial charge in [-0.1, -0.05) is 79.7 Å². The van der Waals surface area contributed by atoms with E-state index in [0.29, 0.717) is 54.7 Å². The molecule has 414 valence electrons. The lowest BCUT2D eigenvalue weighted by atomic mass is 9.24. The molecule has 16 aliphatic carbocycles. The molecule has 8 atom stereocenters. The first kappa shape index (κ1) is 49.5. The van der Waals surface area contributed by atoms with Crippen molar-refractivity contribution < 1.29 is 19.7 Å². The average molecular weight is 1050 g/mol. The van der Waals surface area contributed by atoms with Gasteiger partial charge in [-0.05, 0) is 278 Å². The summed E-state index contributed by atoms with van der Waals surface area (Å²) in [5.41, 5.74) is 23.0. The third-order valence-corrected chi connectivity index (χ3v) is 26.3.